The minimum atomic E-state index is -1.24. The number of rotatable bonds is 6. The van der Waals surface area contributed by atoms with Gasteiger partial charge in [-0.2, -0.15) is 4.98 Å². The number of anilines is 1. The zero-order chi connectivity index (χ0) is 29.8. The smallest absolute Gasteiger partial charge is 0.354 e. The van der Waals surface area contributed by atoms with E-state index in [-0.39, 0.29) is 69.1 Å². The molecule has 0 saturated heterocycles. The van der Waals surface area contributed by atoms with Gasteiger partial charge in [-0.3, -0.25) is 4.79 Å². The molecule has 0 fully saturated rings. The van der Waals surface area contributed by atoms with Crippen molar-refractivity contribution in [3.8, 4) is 11.9 Å². The van der Waals surface area contributed by atoms with Crippen LogP contribution < -0.4 is 26.1 Å². The Hall–Kier alpha value is -4.16. The number of cyclic esters (lactones) is 1. The number of aryl methyl sites for hydroxylation is 1. The number of ether oxygens (including phenoxy) is 3. The lowest BCUT2D eigenvalue weighted by Gasteiger charge is -2.28. The molecule has 1 aliphatic rings. The average molecular weight is 605 g/mol. The molecule has 216 valence electrons. The highest BCUT2D eigenvalue weighted by Gasteiger charge is 2.32. The number of nitrogens with zero attached hydrogens (tertiary/aromatic N) is 4. The van der Waals surface area contributed by atoms with Gasteiger partial charge in [0.2, 0.25) is 5.88 Å². The second kappa shape index (κ2) is 12.6. The highest BCUT2D eigenvalue weighted by molar-refractivity contribution is 6.31. The van der Waals surface area contributed by atoms with Crippen LogP contribution in [-0.4, -0.2) is 46.5 Å². The number of nitrogens with one attached hydrogen (secondary N) is 1. The van der Waals surface area contributed by atoms with Gasteiger partial charge in [0.15, 0.2) is 0 Å². The van der Waals surface area contributed by atoms with Gasteiger partial charge in [-0.1, -0.05) is 43.1 Å². The van der Waals surface area contributed by atoms with E-state index in [2.05, 4.69) is 15.3 Å². The first-order valence-electron chi connectivity index (χ1n) is 12.4. The normalized spacial score (nSPS) is 16.6. The number of aromatic nitrogens is 3. The number of esters is 1. The zero-order valence-corrected chi connectivity index (χ0v) is 24.1. The van der Waals surface area contributed by atoms with Crippen LogP contribution >= 0.6 is 23.2 Å². The Kier molecular flexibility index (Phi) is 9.14. The fourth-order valence-corrected chi connectivity index (χ4v) is 4.54. The summed E-state index contributed by atoms with van der Waals surface area (Å²) in [6, 6.07) is 4.19. The highest BCUT2D eigenvalue weighted by Crippen LogP contribution is 2.36. The van der Waals surface area contributed by atoms with E-state index < -0.39 is 29.3 Å². The molecule has 11 nitrogen and oxygen atoms in total. The van der Waals surface area contributed by atoms with E-state index in [9.17, 15) is 9.59 Å². The lowest BCUT2D eigenvalue weighted by Crippen LogP contribution is -2.32. The van der Waals surface area contributed by atoms with Crippen molar-refractivity contribution in [1.29, 1.82) is 0 Å². The first kappa shape index (κ1) is 29.8. The summed E-state index contributed by atoms with van der Waals surface area (Å²) < 4.78 is 33.0. The summed E-state index contributed by atoms with van der Waals surface area (Å²) in [4.78, 5) is 39.4. The number of halogens is 3. The Morgan fingerprint density at radius 2 is 1.88 bits per heavy atom. The quantitative estimate of drug-likeness (QED) is 0.392. The Balaban J connectivity index is 2.05. The molecule has 3 N–H and O–H groups in total. The van der Waals surface area contributed by atoms with E-state index in [0.717, 1.165) is 6.07 Å². The molecular weight excluding hydrogens is 578 g/mol. The van der Waals surface area contributed by atoms with Crippen LogP contribution in [0.2, 0.25) is 10.0 Å². The lowest BCUT2D eigenvalue weighted by atomic mass is 9.87. The molecular formula is C27H27Cl2FN6O5. The minimum absolute atomic E-state index is 0.0160. The van der Waals surface area contributed by atoms with E-state index in [4.69, 9.17) is 48.1 Å². The molecule has 0 spiro atoms. The highest BCUT2D eigenvalue weighted by atomic mass is 35.5. The van der Waals surface area contributed by atoms with Crippen LogP contribution in [0, 0.1) is 11.7 Å². The van der Waals surface area contributed by atoms with Crippen LogP contribution in [0.15, 0.2) is 57.7 Å². The van der Waals surface area contributed by atoms with Gasteiger partial charge in [0.05, 0.1) is 30.1 Å². The molecule has 1 aliphatic heterocycles. The Bertz CT molecular complexity index is 1610. The maximum atomic E-state index is 15.6. The maximum Gasteiger partial charge on any atom is 0.354 e. The van der Waals surface area contributed by atoms with E-state index >= 15 is 4.39 Å². The summed E-state index contributed by atoms with van der Waals surface area (Å²) in [7, 11) is 2.91. The van der Waals surface area contributed by atoms with Crippen molar-refractivity contribution in [3.63, 3.8) is 0 Å². The Morgan fingerprint density at radius 3 is 2.56 bits per heavy atom. The third-order valence-corrected chi connectivity index (χ3v) is 6.48. The Labute approximate surface area is 244 Å². The molecule has 0 amide bonds. The van der Waals surface area contributed by atoms with Crippen molar-refractivity contribution >= 4 is 46.3 Å². The van der Waals surface area contributed by atoms with E-state index in [1.165, 1.54) is 49.3 Å². The topological polar surface area (TPSA) is 143 Å². The van der Waals surface area contributed by atoms with Gasteiger partial charge in [-0.25, -0.2) is 19.2 Å². The van der Waals surface area contributed by atoms with E-state index in [0.29, 0.717) is 0 Å². The van der Waals surface area contributed by atoms with Gasteiger partial charge in [0, 0.05) is 29.4 Å². The summed E-state index contributed by atoms with van der Waals surface area (Å²) in [6.45, 7) is 3.35. The predicted molar refractivity (Wildman–Crippen MR) is 153 cm³/mol. The molecule has 1 unspecified atom stereocenters. The molecule has 2 aromatic heterocycles. The van der Waals surface area contributed by atoms with Crippen LogP contribution in [0.25, 0.3) is 0 Å². The molecule has 41 heavy (non-hydrogen) atoms. The molecule has 3 heterocycles. The van der Waals surface area contributed by atoms with Crippen molar-refractivity contribution in [2.75, 3.05) is 25.6 Å². The van der Waals surface area contributed by atoms with Gasteiger partial charge >= 0.3 is 12.0 Å². The number of aliphatic imine (C=N–C) groups is 1. The minimum Gasteiger partial charge on any atom is -0.472 e. The summed E-state index contributed by atoms with van der Waals surface area (Å²) >= 11 is 12.3. The summed E-state index contributed by atoms with van der Waals surface area (Å²) in [6.07, 6.45) is 2.81. The number of benzene rings is 1. The first-order valence-corrected chi connectivity index (χ1v) is 13.1. The van der Waals surface area contributed by atoms with Crippen LogP contribution in [-0.2, 0) is 16.6 Å². The van der Waals surface area contributed by atoms with Gasteiger partial charge in [-0.05, 0) is 24.1 Å². The van der Waals surface area contributed by atoms with Crippen LogP contribution in [0.5, 0.6) is 11.9 Å². The zero-order valence-electron chi connectivity index (χ0n) is 22.6. The molecule has 0 aliphatic carbocycles. The lowest BCUT2D eigenvalue weighted by molar-refractivity contribution is -0.139. The number of methoxy groups -OCH3 is 1. The number of carbonyl (C=O) groups is 1. The first-order chi connectivity index (χ1) is 19.5. The third kappa shape index (κ3) is 6.60. The van der Waals surface area contributed by atoms with Crippen molar-refractivity contribution in [2.24, 2.45) is 23.7 Å². The fraction of sp³-hybridized carbons (Fsp3) is 0.296. The number of pyridine rings is 1. The molecule has 1 aromatic carbocycles. The maximum absolute atomic E-state index is 15.6. The summed E-state index contributed by atoms with van der Waals surface area (Å²) in [5.74, 6) is -1.96. The number of fused-ring (bicyclic) bond motifs is 1. The molecule has 14 heteroatoms. The molecule has 0 bridgehead atoms. The van der Waals surface area contributed by atoms with E-state index in [1.54, 1.807) is 13.8 Å². The predicted octanol–water partition coefficient (Wildman–Crippen LogP) is 4.36. The van der Waals surface area contributed by atoms with Gasteiger partial charge in [0.25, 0.3) is 5.56 Å². The average Bonchev–Trinajstić information content (AvgIpc) is 2.94. The summed E-state index contributed by atoms with van der Waals surface area (Å²) in [5, 5.41) is 3.42. The number of nitrogens with two attached hydrogens (primary N) is 1. The number of carbonyl (C=O) groups excluding carboxylic acids is 1. The molecule has 4 rings (SSSR count). The van der Waals surface area contributed by atoms with Crippen molar-refractivity contribution < 1.29 is 23.4 Å². The van der Waals surface area contributed by atoms with Gasteiger partial charge < -0.3 is 29.8 Å². The second-order valence-electron chi connectivity index (χ2n) is 9.24. The largest absolute Gasteiger partial charge is 0.472 e. The van der Waals surface area contributed by atoms with Crippen LogP contribution in [0.4, 0.5) is 15.8 Å². The van der Waals surface area contributed by atoms with Gasteiger partial charge in [0.1, 0.15) is 36.1 Å². The molecule has 1 atom stereocenters. The number of hydrogen-bond donors (Lipinski definition) is 2. The van der Waals surface area contributed by atoms with Crippen LogP contribution in [0.1, 0.15) is 25.5 Å². The van der Waals surface area contributed by atoms with Crippen molar-refractivity contribution in [1.82, 2.24) is 14.5 Å². The third-order valence-electron chi connectivity index (χ3n) is 6.04. The SMILES string of the molecule is COc1ncc2c(n1)OCCOC(=O)/C(N)=C(\C(Nc1cc(Cl)cn(C)c1=O)c1ccc(Cl)cc1F)C(C(C)C)=N2. The molecule has 0 saturated carbocycles. The molecule has 3 aromatic rings. The monoisotopic (exact) mass is 604 g/mol. The Morgan fingerprint density at radius 1 is 1.15 bits per heavy atom. The van der Waals surface area contributed by atoms with Crippen molar-refractivity contribution in [2.45, 2.75) is 19.9 Å². The van der Waals surface area contributed by atoms with Crippen LogP contribution in [0.3, 0.4) is 0 Å². The summed E-state index contributed by atoms with van der Waals surface area (Å²) in [5.41, 5.74) is 6.17. The van der Waals surface area contributed by atoms with E-state index in [1.807, 2.05) is 0 Å². The number of hydrogen-bond acceptors (Lipinski definition) is 10. The fourth-order valence-electron chi connectivity index (χ4n) is 4.13. The second-order valence-corrected chi connectivity index (χ2v) is 10.1. The standard InChI is InChI=1S/C27H27Cl2FN6O5/c1-13(2)22-20(21(31)26(38)41-8-7-40-24-19(34-22)11-32-27(35-24)39-4)23(16-6-5-14(28)9-17(16)30)33-18-10-15(29)12-36(3)25(18)37/h5-6,9-13,23,33H,7-8,31H2,1-4H3/b21-20+,34-22?. The molecule has 0 radical (unpaired) electrons. The van der Waals surface area contributed by atoms with Gasteiger partial charge in [-0.15, -0.1) is 0 Å². The van der Waals surface area contributed by atoms with Crippen molar-refractivity contribution in [3.05, 3.63) is 79.7 Å².